The van der Waals surface area contributed by atoms with Gasteiger partial charge in [0.15, 0.2) is 0 Å². The minimum absolute atomic E-state index is 0.133. The van der Waals surface area contributed by atoms with Crippen molar-refractivity contribution in [3.8, 4) is 0 Å². The lowest BCUT2D eigenvalue weighted by atomic mass is 10.0. The second kappa shape index (κ2) is 12.0. The van der Waals surface area contributed by atoms with Crippen LogP contribution in [0.4, 0.5) is 10.5 Å². The molecule has 0 aromatic heterocycles. The molecule has 0 bridgehead atoms. The van der Waals surface area contributed by atoms with Gasteiger partial charge in [-0.2, -0.15) is 0 Å². The molecule has 1 heterocycles. The summed E-state index contributed by atoms with van der Waals surface area (Å²) in [5, 5.41) is 2.70. The van der Waals surface area contributed by atoms with Gasteiger partial charge in [-0.05, 0) is 55.0 Å². The number of amides is 2. The van der Waals surface area contributed by atoms with E-state index in [1.165, 1.54) is 14.2 Å². The number of rotatable bonds is 9. The minimum atomic E-state index is -0.893. The van der Waals surface area contributed by atoms with Crippen molar-refractivity contribution in [2.24, 2.45) is 0 Å². The Labute approximate surface area is 204 Å². The summed E-state index contributed by atoms with van der Waals surface area (Å²) in [4.78, 5) is 50.7. The monoisotopic (exact) mass is 482 g/mol. The maximum Gasteiger partial charge on any atom is 0.414 e. The zero-order valence-electron chi connectivity index (χ0n) is 20.2. The molecular weight excluding hydrogens is 452 g/mol. The van der Waals surface area contributed by atoms with Crippen molar-refractivity contribution in [1.29, 1.82) is 0 Å². The fourth-order valence-corrected chi connectivity index (χ4v) is 4.07. The molecule has 0 saturated carbocycles. The first-order chi connectivity index (χ1) is 16.8. The molecule has 9 heteroatoms. The molecule has 1 aliphatic rings. The first-order valence-corrected chi connectivity index (χ1v) is 11.4. The first-order valence-electron chi connectivity index (χ1n) is 11.4. The van der Waals surface area contributed by atoms with E-state index in [1.54, 1.807) is 17.0 Å². The molecule has 1 aliphatic heterocycles. The standard InChI is InChI=1S/C26H30N2O7/c1-17-14-20(24(30)27-21(25(31)34-3)10-7-11-22(29)33-2)15-19-12-13-28(23(17)19)26(32)35-16-18-8-5-4-6-9-18/h4-6,8-9,14-15,21H,7,10-13,16H2,1-3H3,(H,27,30). The molecule has 1 atom stereocenters. The van der Waals surface area contributed by atoms with Crippen molar-refractivity contribution in [2.75, 3.05) is 25.7 Å². The van der Waals surface area contributed by atoms with Gasteiger partial charge in [-0.1, -0.05) is 30.3 Å². The van der Waals surface area contributed by atoms with Crippen LogP contribution in [0.25, 0.3) is 0 Å². The second-order valence-electron chi connectivity index (χ2n) is 8.26. The number of nitrogens with one attached hydrogen (secondary N) is 1. The number of esters is 2. The van der Waals surface area contributed by atoms with Crippen molar-refractivity contribution in [3.05, 3.63) is 64.7 Å². The molecule has 0 spiro atoms. The van der Waals surface area contributed by atoms with Gasteiger partial charge in [-0.15, -0.1) is 0 Å². The molecule has 186 valence electrons. The topological polar surface area (TPSA) is 111 Å². The number of aryl methyl sites for hydroxylation is 1. The summed E-state index contributed by atoms with van der Waals surface area (Å²) < 4.78 is 14.9. The third kappa shape index (κ3) is 6.59. The highest BCUT2D eigenvalue weighted by Crippen LogP contribution is 2.33. The molecule has 9 nitrogen and oxygen atoms in total. The SMILES string of the molecule is COC(=O)CCCC(NC(=O)c1cc(C)c2c(c1)CCN2C(=O)OCc1ccccc1)C(=O)OC. The Morgan fingerprint density at radius 2 is 1.80 bits per heavy atom. The highest BCUT2D eigenvalue weighted by molar-refractivity contribution is 5.99. The van der Waals surface area contributed by atoms with Crippen LogP contribution >= 0.6 is 0 Å². The number of ether oxygens (including phenoxy) is 3. The Bertz CT molecular complexity index is 1080. The molecular formula is C26H30N2O7. The highest BCUT2D eigenvalue weighted by Gasteiger charge is 2.30. The maximum atomic E-state index is 12.9. The van der Waals surface area contributed by atoms with Crippen LogP contribution in [-0.4, -0.2) is 50.7 Å². The summed E-state index contributed by atoms with van der Waals surface area (Å²) in [7, 11) is 2.54. The van der Waals surface area contributed by atoms with Crippen molar-refractivity contribution < 1.29 is 33.4 Å². The molecule has 1 unspecified atom stereocenters. The fraction of sp³-hybridized carbons (Fsp3) is 0.385. The summed E-state index contributed by atoms with van der Waals surface area (Å²) >= 11 is 0. The number of fused-ring (bicyclic) bond motifs is 1. The number of hydrogen-bond donors (Lipinski definition) is 1. The lowest BCUT2D eigenvalue weighted by Gasteiger charge is -2.20. The Morgan fingerprint density at radius 3 is 2.49 bits per heavy atom. The van der Waals surface area contributed by atoms with Crippen LogP contribution in [0.2, 0.25) is 0 Å². The van der Waals surface area contributed by atoms with Gasteiger partial charge in [0.1, 0.15) is 12.6 Å². The van der Waals surface area contributed by atoms with Gasteiger partial charge in [0, 0.05) is 18.5 Å². The van der Waals surface area contributed by atoms with Gasteiger partial charge in [0.05, 0.1) is 19.9 Å². The van der Waals surface area contributed by atoms with Crippen LogP contribution in [0.1, 0.15) is 46.3 Å². The average Bonchev–Trinajstić information content (AvgIpc) is 3.31. The summed E-state index contributed by atoms with van der Waals surface area (Å²) in [6, 6.07) is 12.0. The van der Waals surface area contributed by atoms with E-state index in [0.29, 0.717) is 24.9 Å². The van der Waals surface area contributed by atoms with Crippen LogP contribution in [0.3, 0.4) is 0 Å². The van der Waals surface area contributed by atoms with Crippen molar-refractivity contribution in [2.45, 2.75) is 45.3 Å². The van der Waals surface area contributed by atoms with Gasteiger partial charge in [0.2, 0.25) is 0 Å². The predicted octanol–water partition coefficient (Wildman–Crippen LogP) is 3.31. The quantitative estimate of drug-likeness (QED) is 0.431. The highest BCUT2D eigenvalue weighted by atomic mass is 16.6. The number of carbonyl (C=O) groups excluding carboxylic acids is 4. The lowest BCUT2D eigenvalue weighted by Crippen LogP contribution is -2.41. The number of nitrogens with zero attached hydrogens (tertiary/aromatic N) is 1. The summed E-state index contributed by atoms with van der Waals surface area (Å²) in [6.07, 6.45) is 0.865. The Morgan fingerprint density at radius 1 is 1.06 bits per heavy atom. The first kappa shape index (κ1) is 25.7. The van der Waals surface area contributed by atoms with Crippen LogP contribution < -0.4 is 10.2 Å². The van der Waals surface area contributed by atoms with Gasteiger partial charge in [-0.3, -0.25) is 14.5 Å². The van der Waals surface area contributed by atoms with Crippen LogP contribution in [0.15, 0.2) is 42.5 Å². The van der Waals surface area contributed by atoms with E-state index in [-0.39, 0.29) is 25.4 Å². The van der Waals surface area contributed by atoms with Crippen molar-refractivity contribution in [1.82, 2.24) is 5.32 Å². The maximum absolute atomic E-state index is 12.9. The number of anilines is 1. The molecule has 0 fully saturated rings. The molecule has 0 aliphatic carbocycles. The van der Waals surface area contributed by atoms with Crippen molar-refractivity contribution in [3.63, 3.8) is 0 Å². The van der Waals surface area contributed by atoms with Gasteiger partial charge in [-0.25, -0.2) is 9.59 Å². The van der Waals surface area contributed by atoms with E-state index in [0.717, 1.165) is 22.4 Å². The lowest BCUT2D eigenvalue weighted by molar-refractivity contribution is -0.144. The van der Waals surface area contributed by atoms with E-state index in [2.05, 4.69) is 10.1 Å². The van der Waals surface area contributed by atoms with E-state index in [4.69, 9.17) is 9.47 Å². The number of methoxy groups -OCH3 is 2. The molecule has 35 heavy (non-hydrogen) atoms. The molecule has 2 amide bonds. The number of hydrogen-bond acceptors (Lipinski definition) is 7. The predicted molar refractivity (Wildman–Crippen MR) is 128 cm³/mol. The molecule has 1 N–H and O–H groups in total. The Hall–Kier alpha value is -3.88. The Kier molecular flexibility index (Phi) is 8.83. The molecule has 2 aromatic carbocycles. The molecule has 0 radical (unpaired) electrons. The third-order valence-electron chi connectivity index (χ3n) is 5.83. The van der Waals surface area contributed by atoms with Crippen LogP contribution in [0.5, 0.6) is 0 Å². The van der Waals surface area contributed by atoms with Crippen LogP contribution in [-0.2, 0) is 36.8 Å². The Balaban J connectivity index is 1.67. The van der Waals surface area contributed by atoms with Crippen LogP contribution in [0, 0.1) is 6.92 Å². The zero-order valence-corrected chi connectivity index (χ0v) is 20.2. The van der Waals surface area contributed by atoms with Crippen molar-refractivity contribution >= 4 is 29.6 Å². The summed E-state index contributed by atoms with van der Waals surface area (Å²) in [5.41, 5.74) is 3.62. The normalized spacial score (nSPS) is 12.9. The van der Waals surface area contributed by atoms with Gasteiger partial charge >= 0.3 is 18.0 Å². The van der Waals surface area contributed by atoms with Gasteiger partial charge in [0.25, 0.3) is 5.91 Å². The zero-order chi connectivity index (χ0) is 25.4. The largest absolute Gasteiger partial charge is 0.469 e. The third-order valence-corrected chi connectivity index (χ3v) is 5.83. The molecule has 0 saturated heterocycles. The summed E-state index contributed by atoms with van der Waals surface area (Å²) in [5.74, 6) is -1.41. The number of carbonyl (C=O) groups is 4. The second-order valence-corrected chi connectivity index (χ2v) is 8.26. The average molecular weight is 483 g/mol. The van der Waals surface area contributed by atoms with E-state index < -0.39 is 24.0 Å². The van der Waals surface area contributed by atoms with E-state index in [1.807, 2.05) is 37.3 Å². The summed E-state index contributed by atoms with van der Waals surface area (Å²) in [6.45, 7) is 2.45. The fourth-order valence-electron chi connectivity index (χ4n) is 4.07. The smallest absolute Gasteiger partial charge is 0.414 e. The van der Waals surface area contributed by atoms with E-state index >= 15 is 0 Å². The van der Waals surface area contributed by atoms with E-state index in [9.17, 15) is 19.2 Å². The van der Waals surface area contributed by atoms with Gasteiger partial charge < -0.3 is 19.5 Å². The molecule has 2 aromatic rings. The minimum Gasteiger partial charge on any atom is -0.469 e. The number of benzene rings is 2. The molecule has 3 rings (SSSR count).